The molecule has 0 saturated carbocycles. The van der Waals surface area contributed by atoms with Crippen LogP contribution in [0.3, 0.4) is 0 Å². The number of fused-ring (bicyclic) bond motifs is 1. The molecule has 0 aliphatic carbocycles. The van der Waals surface area contributed by atoms with E-state index in [1.807, 2.05) is 4.90 Å². The second kappa shape index (κ2) is 9.81. The quantitative estimate of drug-likeness (QED) is 0.265. The highest BCUT2D eigenvalue weighted by atomic mass is 16.6. The monoisotopic (exact) mass is 450 g/mol. The van der Waals surface area contributed by atoms with Crippen LogP contribution >= 0.6 is 0 Å². The highest BCUT2D eigenvalue weighted by Gasteiger charge is 2.34. The number of nitrogens with zero attached hydrogens (tertiary/aromatic N) is 4. The third-order valence-electron chi connectivity index (χ3n) is 6.21. The number of anilines is 1. The summed E-state index contributed by atoms with van der Waals surface area (Å²) in [7, 11) is 0. The van der Waals surface area contributed by atoms with Crippen molar-refractivity contribution in [3.63, 3.8) is 0 Å². The van der Waals surface area contributed by atoms with Crippen molar-refractivity contribution in [1.29, 1.82) is 0 Å². The predicted molar refractivity (Wildman–Crippen MR) is 122 cm³/mol. The number of benzene rings is 2. The summed E-state index contributed by atoms with van der Waals surface area (Å²) < 4.78 is 0. The number of non-ortho nitro benzene ring substituents is 1. The second-order valence-corrected chi connectivity index (χ2v) is 8.26. The van der Waals surface area contributed by atoms with Gasteiger partial charge in [-0.2, -0.15) is 0 Å². The van der Waals surface area contributed by atoms with Crippen molar-refractivity contribution < 1.29 is 19.3 Å². The first kappa shape index (κ1) is 22.4. The van der Waals surface area contributed by atoms with E-state index in [2.05, 4.69) is 4.90 Å². The molecule has 1 saturated heterocycles. The van der Waals surface area contributed by atoms with Crippen LogP contribution in [0.1, 0.15) is 46.4 Å². The van der Waals surface area contributed by atoms with Gasteiger partial charge in [0.1, 0.15) is 0 Å². The number of nitro benzene ring substituents is 1. The van der Waals surface area contributed by atoms with Crippen LogP contribution in [0.15, 0.2) is 48.5 Å². The number of imide groups is 1. The van der Waals surface area contributed by atoms with E-state index >= 15 is 0 Å². The Kier molecular flexibility index (Phi) is 6.67. The smallest absolute Gasteiger partial charge is 0.269 e. The Bertz CT molecular complexity index is 1030. The van der Waals surface area contributed by atoms with Gasteiger partial charge in [-0.1, -0.05) is 18.6 Å². The standard InChI is InChI=1S/C24H26N4O5/c29-22(26-16-14-25(15-17-26)18-9-11-19(12-10-18)28(32)33)8-2-1-5-13-27-23(30)20-6-3-4-7-21(20)24(27)31/h3-4,6-7,9-12H,1-2,5,8,13-17H2. The molecule has 2 aliphatic heterocycles. The minimum atomic E-state index is -0.416. The molecular weight excluding hydrogens is 424 g/mol. The predicted octanol–water partition coefficient (Wildman–Crippen LogP) is 3.10. The Morgan fingerprint density at radius 2 is 1.45 bits per heavy atom. The molecule has 0 spiro atoms. The Labute approximate surface area is 191 Å². The maximum atomic E-state index is 12.5. The first-order chi connectivity index (χ1) is 16.0. The molecule has 33 heavy (non-hydrogen) atoms. The van der Waals surface area contributed by atoms with Crippen LogP contribution in [0.5, 0.6) is 0 Å². The van der Waals surface area contributed by atoms with Gasteiger partial charge in [-0.25, -0.2) is 0 Å². The summed E-state index contributed by atoms with van der Waals surface area (Å²) in [6.45, 7) is 2.97. The van der Waals surface area contributed by atoms with Gasteiger partial charge in [0.15, 0.2) is 0 Å². The molecule has 2 aliphatic rings. The van der Waals surface area contributed by atoms with Gasteiger partial charge in [-0.05, 0) is 37.1 Å². The number of hydrogen-bond donors (Lipinski definition) is 0. The van der Waals surface area contributed by atoms with Gasteiger partial charge in [0.05, 0.1) is 16.1 Å². The Morgan fingerprint density at radius 3 is 2.03 bits per heavy atom. The Morgan fingerprint density at radius 1 is 0.848 bits per heavy atom. The molecule has 0 unspecified atom stereocenters. The van der Waals surface area contributed by atoms with E-state index in [4.69, 9.17) is 0 Å². The fraction of sp³-hybridized carbons (Fsp3) is 0.375. The summed E-state index contributed by atoms with van der Waals surface area (Å²) in [5, 5.41) is 10.8. The summed E-state index contributed by atoms with van der Waals surface area (Å²) in [4.78, 5) is 52.9. The topological polar surface area (TPSA) is 104 Å². The van der Waals surface area contributed by atoms with Crippen molar-refractivity contribution in [2.45, 2.75) is 25.7 Å². The first-order valence-corrected chi connectivity index (χ1v) is 11.2. The maximum Gasteiger partial charge on any atom is 0.269 e. The van der Waals surface area contributed by atoms with Crippen molar-refractivity contribution in [2.24, 2.45) is 0 Å². The van der Waals surface area contributed by atoms with Crippen LogP contribution in [0.2, 0.25) is 0 Å². The number of unbranched alkanes of at least 4 members (excludes halogenated alkanes) is 2. The minimum Gasteiger partial charge on any atom is -0.368 e. The van der Waals surface area contributed by atoms with Gasteiger partial charge in [0.25, 0.3) is 17.5 Å². The maximum absolute atomic E-state index is 12.5. The third kappa shape index (κ3) is 4.87. The van der Waals surface area contributed by atoms with Gasteiger partial charge in [-0.15, -0.1) is 0 Å². The van der Waals surface area contributed by atoms with Crippen molar-refractivity contribution in [3.8, 4) is 0 Å². The van der Waals surface area contributed by atoms with Gasteiger partial charge >= 0.3 is 0 Å². The molecule has 2 aromatic rings. The van der Waals surface area contributed by atoms with Crippen molar-refractivity contribution in [2.75, 3.05) is 37.6 Å². The highest BCUT2D eigenvalue weighted by Crippen LogP contribution is 2.23. The van der Waals surface area contributed by atoms with Crippen molar-refractivity contribution in [3.05, 3.63) is 69.8 Å². The average Bonchev–Trinajstić information content (AvgIpc) is 3.09. The van der Waals surface area contributed by atoms with Crippen LogP contribution in [-0.2, 0) is 4.79 Å². The lowest BCUT2D eigenvalue weighted by atomic mass is 10.1. The van der Waals surface area contributed by atoms with E-state index in [9.17, 15) is 24.5 Å². The molecule has 0 N–H and O–H groups in total. The van der Waals surface area contributed by atoms with Gasteiger partial charge < -0.3 is 9.80 Å². The number of hydrogen-bond acceptors (Lipinski definition) is 6. The fourth-order valence-corrected chi connectivity index (χ4v) is 4.32. The molecule has 0 bridgehead atoms. The summed E-state index contributed by atoms with van der Waals surface area (Å²) in [6.07, 6.45) is 2.60. The highest BCUT2D eigenvalue weighted by molar-refractivity contribution is 6.21. The molecule has 172 valence electrons. The van der Waals surface area contributed by atoms with E-state index < -0.39 is 4.92 Å². The normalized spacial score (nSPS) is 15.7. The van der Waals surface area contributed by atoms with Gasteiger partial charge in [-0.3, -0.25) is 29.4 Å². The molecule has 0 radical (unpaired) electrons. The van der Waals surface area contributed by atoms with Crippen molar-refractivity contribution in [1.82, 2.24) is 9.80 Å². The van der Waals surface area contributed by atoms with Gasteiger partial charge in [0, 0.05) is 57.0 Å². The summed E-state index contributed by atoms with van der Waals surface area (Å²) in [5.74, 6) is -0.366. The zero-order valence-electron chi connectivity index (χ0n) is 18.3. The average molecular weight is 450 g/mol. The van der Waals surface area contributed by atoms with Crippen LogP contribution in [0, 0.1) is 10.1 Å². The molecule has 0 aromatic heterocycles. The number of carbonyl (C=O) groups excluding carboxylic acids is 3. The molecule has 2 heterocycles. The van der Waals surface area contributed by atoms with Crippen LogP contribution < -0.4 is 4.90 Å². The van der Waals surface area contributed by atoms with Crippen LogP contribution in [0.4, 0.5) is 11.4 Å². The van der Waals surface area contributed by atoms with Gasteiger partial charge in [0.2, 0.25) is 5.91 Å². The number of rotatable bonds is 8. The number of carbonyl (C=O) groups is 3. The zero-order chi connectivity index (χ0) is 23.4. The SMILES string of the molecule is O=C(CCCCCN1C(=O)c2ccccc2C1=O)N1CCN(c2ccc([N+](=O)[O-])cc2)CC1. The molecule has 4 rings (SSSR count). The van der Waals surface area contributed by atoms with Crippen LogP contribution in [-0.4, -0.2) is 65.2 Å². The lowest BCUT2D eigenvalue weighted by Gasteiger charge is -2.36. The van der Waals surface area contributed by atoms with E-state index in [0.29, 0.717) is 63.1 Å². The lowest BCUT2D eigenvalue weighted by molar-refractivity contribution is -0.384. The third-order valence-corrected chi connectivity index (χ3v) is 6.21. The molecular formula is C24H26N4O5. The second-order valence-electron chi connectivity index (χ2n) is 8.26. The molecule has 0 atom stereocenters. The lowest BCUT2D eigenvalue weighted by Crippen LogP contribution is -2.48. The zero-order valence-corrected chi connectivity index (χ0v) is 18.3. The minimum absolute atomic E-state index is 0.0653. The van der Waals surface area contributed by atoms with E-state index in [1.54, 1.807) is 36.4 Å². The number of nitro groups is 1. The molecule has 3 amide bonds. The van der Waals surface area contributed by atoms with E-state index in [1.165, 1.54) is 17.0 Å². The van der Waals surface area contributed by atoms with Crippen LogP contribution in [0.25, 0.3) is 0 Å². The Hall–Kier alpha value is -3.75. The summed E-state index contributed by atoms with van der Waals surface area (Å²) in [5.41, 5.74) is 1.91. The largest absolute Gasteiger partial charge is 0.368 e. The first-order valence-electron chi connectivity index (χ1n) is 11.2. The van der Waals surface area contributed by atoms with Crippen molar-refractivity contribution >= 4 is 29.1 Å². The molecule has 2 aromatic carbocycles. The van der Waals surface area contributed by atoms with E-state index in [0.717, 1.165) is 12.1 Å². The number of amides is 3. The number of piperazine rings is 1. The summed E-state index contributed by atoms with van der Waals surface area (Å²) in [6, 6.07) is 13.3. The molecule has 9 nitrogen and oxygen atoms in total. The Balaban J connectivity index is 1.15. The molecule has 9 heteroatoms. The molecule has 1 fully saturated rings. The fourth-order valence-electron chi connectivity index (χ4n) is 4.32. The van der Waals surface area contributed by atoms with E-state index in [-0.39, 0.29) is 23.4 Å². The summed E-state index contributed by atoms with van der Waals surface area (Å²) >= 11 is 0.